The number of primary amides is 1. The summed E-state index contributed by atoms with van der Waals surface area (Å²) in [4.78, 5) is 15.8. The molecule has 0 bridgehead atoms. The highest BCUT2D eigenvalue weighted by Crippen LogP contribution is 2.28. The van der Waals surface area contributed by atoms with Crippen molar-refractivity contribution in [1.82, 2.24) is 19.7 Å². The lowest BCUT2D eigenvalue weighted by Crippen LogP contribution is -2.15. The summed E-state index contributed by atoms with van der Waals surface area (Å²) in [5.74, 6) is 1.87. The number of benzene rings is 1. The second-order valence-corrected chi connectivity index (χ2v) is 7.39. The molecule has 0 unspecified atom stereocenters. The molecule has 2 N–H and O–H groups in total. The molecule has 0 fully saturated rings. The summed E-state index contributed by atoms with van der Waals surface area (Å²) >= 11 is 1.45. The van der Waals surface area contributed by atoms with E-state index >= 15 is 0 Å². The van der Waals surface area contributed by atoms with Crippen LogP contribution in [0.25, 0.3) is 23.0 Å². The van der Waals surface area contributed by atoms with E-state index in [2.05, 4.69) is 15.2 Å². The Kier molecular flexibility index (Phi) is 5.48. The molecule has 9 heteroatoms. The average Bonchev–Trinajstić information content (AvgIpc) is 3.45. The van der Waals surface area contributed by atoms with Gasteiger partial charge in [0.15, 0.2) is 16.7 Å². The van der Waals surface area contributed by atoms with Crippen LogP contribution in [0.4, 0.5) is 0 Å². The molecule has 0 aliphatic rings. The molecule has 29 heavy (non-hydrogen) atoms. The predicted octanol–water partition coefficient (Wildman–Crippen LogP) is 3.67. The fourth-order valence-electron chi connectivity index (χ4n) is 2.75. The van der Waals surface area contributed by atoms with E-state index in [9.17, 15) is 4.79 Å². The molecule has 0 saturated heterocycles. The Balaban J connectivity index is 1.51. The van der Waals surface area contributed by atoms with Gasteiger partial charge in [0.05, 0.1) is 12.0 Å². The summed E-state index contributed by atoms with van der Waals surface area (Å²) < 4.78 is 12.9. The van der Waals surface area contributed by atoms with Gasteiger partial charge in [0, 0.05) is 24.3 Å². The molecule has 0 aliphatic heterocycles. The van der Waals surface area contributed by atoms with E-state index in [1.54, 1.807) is 24.7 Å². The smallest absolute Gasteiger partial charge is 0.226 e. The Morgan fingerprint density at radius 1 is 1.17 bits per heavy atom. The Morgan fingerprint density at radius 2 is 2.00 bits per heavy atom. The predicted molar refractivity (Wildman–Crippen MR) is 108 cm³/mol. The van der Waals surface area contributed by atoms with Crippen molar-refractivity contribution < 1.29 is 13.6 Å². The third-order valence-electron chi connectivity index (χ3n) is 4.24. The van der Waals surface area contributed by atoms with E-state index < -0.39 is 0 Å². The fourth-order valence-corrected chi connectivity index (χ4v) is 3.59. The monoisotopic (exact) mass is 409 g/mol. The molecule has 0 radical (unpaired) electrons. The van der Waals surface area contributed by atoms with E-state index in [4.69, 9.17) is 14.6 Å². The summed E-state index contributed by atoms with van der Waals surface area (Å²) in [6.45, 7) is 2.40. The third kappa shape index (κ3) is 4.40. The van der Waals surface area contributed by atoms with Crippen molar-refractivity contribution in [1.29, 1.82) is 0 Å². The van der Waals surface area contributed by atoms with Gasteiger partial charge in [0.2, 0.25) is 11.8 Å². The number of nitrogens with zero attached hydrogens (tertiary/aromatic N) is 4. The minimum absolute atomic E-state index is 0.181. The number of thioether (sulfide) groups is 1. The largest absolute Gasteiger partial charge is 0.461 e. The van der Waals surface area contributed by atoms with Gasteiger partial charge in [-0.3, -0.25) is 9.36 Å². The van der Waals surface area contributed by atoms with Gasteiger partial charge in [0.1, 0.15) is 6.26 Å². The van der Waals surface area contributed by atoms with Gasteiger partial charge >= 0.3 is 0 Å². The summed E-state index contributed by atoms with van der Waals surface area (Å²) in [5, 5.41) is 9.11. The molecule has 8 nitrogen and oxygen atoms in total. The van der Waals surface area contributed by atoms with Gasteiger partial charge in [-0.2, -0.15) is 0 Å². The molecule has 0 saturated carbocycles. The Morgan fingerprint density at radius 3 is 2.72 bits per heavy atom. The minimum Gasteiger partial charge on any atom is -0.461 e. The van der Waals surface area contributed by atoms with Crippen LogP contribution in [0, 0.1) is 6.92 Å². The van der Waals surface area contributed by atoms with Crippen molar-refractivity contribution in [2.75, 3.05) is 0 Å². The molecule has 1 amide bonds. The number of hydrogen-bond donors (Lipinski definition) is 1. The van der Waals surface area contributed by atoms with E-state index in [1.807, 2.05) is 35.8 Å². The zero-order valence-corrected chi connectivity index (χ0v) is 16.6. The van der Waals surface area contributed by atoms with Crippen molar-refractivity contribution in [2.45, 2.75) is 30.8 Å². The first-order valence-electron chi connectivity index (χ1n) is 9.00. The van der Waals surface area contributed by atoms with Gasteiger partial charge in [-0.25, -0.2) is 4.98 Å². The maximum Gasteiger partial charge on any atom is 0.226 e. The molecule has 3 heterocycles. The number of amides is 1. The number of aryl methyl sites for hydroxylation is 1. The van der Waals surface area contributed by atoms with E-state index in [0.717, 1.165) is 11.3 Å². The van der Waals surface area contributed by atoms with Crippen LogP contribution in [0.5, 0.6) is 0 Å². The number of oxazole rings is 1. The lowest BCUT2D eigenvalue weighted by Gasteiger charge is -2.07. The summed E-state index contributed by atoms with van der Waals surface area (Å²) in [6.07, 6.45) is 3.39. The zero-order valence-electron chi connectivity index (χ0n) is 15.7. The van der Waals surface area contributed by atoms with Gasteiger partial charge in [-0.05, 0) is 31.2 Å². The Bertz CT molecular complexity index is 1100. The van der Waals surface area contributed by atoms with Gasteiger partial charge in [-0.1, -0.05) is 29.5 Å². The maximum atomic E-state index is 11.3. The second kappa shape index (κ2) is 8.36. The number of nitrogens with two attached hydrogens (primary N) is 1. The zero-order chi connectivity index (χ0) is 20.2. The molecule has 1 aromatic carbocycles. The SMILES string of the molecule is Cc1ccc(-c2nc(CSc3nnc(-c4ccco4)n3CCC(N)=O)co2)cc1. The molecule has 3 aromatic heterocycles. The summed E-state index contributed by atoms with van der Waals surface area (Å²) in [6, 6.07) is 11.6. The van der Waals surface area contributed by atoms with Crippen LogP contribution in [0.3, 0.4) is 0 Å². The lowest BCUT2D eigenvalue weighted by atomic mass is 10.1. The molecular weight excluding hydrogens is 390 g/mol. The third-order valence-corrected chi connectivity index (χ3v) is 5.24. The van der Waals surface area contributed by atoms with E-state index in [1.165, 1.54) is 17.3 Å². The number of furan rings is 1. The van der Waals surface area contributed by atoms with Gasteiger partial charge < -0.3 is 14.6 Å². The van der Waals surface area contributed by atoms with Crippen molar-refractivity contribution >= 4 is 17.7 Å². The van der Waals surface area contributed by atoms with Crippen molar-refractivity contribution in [3.05, 3.63) is 60.2 Å². The second-order valence-electron chi connectivity index (χ2n) is 6.45. The molecule has 148 valence electrons. The van der Waals surface area contributed by atoms with Gasteiger partial charge in [-0.15, -0.1) is 10.2 Å². The van der Waals surface area contributed by atoms with Crippen LogP contribution >= 0.6 is 11.8 Å². The van der Waals surface area contributed by atoms with E-state index in [0.29, 0.717) is 34.9 Å². The molecule has 0 spiro atoms. The Hall–Kier alpha value is -3.33. The van der Waals surface area contributed by atoms with Crippen molar-refractivity contribution in [3.8, 4) is 23.0 Å². The van der Waals surface area contributed by atoms with E-state index in [-0.39, 0.29) is 12.3 Å². The van der Waals surface area contributed by atoms with Crippen LogP contribution in [0.1, 0.15) is 17.7 Å². The lowest BCUT2D eigenvalue weighted by molar-refractivity contribution is -0.118. The standard InChI is InChI=1S/C20H19N5O3S/c1-13-4-6-14(7-5-13)19-22-15(11-28-19)12-29-20-24-23-18(16-3-2-10-27-16)25(20)9-8-17(21)26/h2-7,10-11H,8-9,12H2,1H3,(H2,21,26). The van der Waals surface area contributed by atoms with Crippen LogP contribution < -0.4 is 5.73 Å². The molecule has 0 atom stereocenters. The quantitative estimate of drug-likeness (QED) is 0.442. The van der Waals surface area contributed by atoms with Crippen LogP contribution in [0.2, 0.25) is 0 Å². The van der Waals surface area contributed by atoms with Crippen molar-refractivity contribution in [3.63, 3.8) is 0 Å². The Labute approximate surface area is 171 Å². The summed E-state index contributed by atoms with van der Waals surface area (Å²) in [5.41, 5.74) is 8.21. The minimum atomic E-state index is -0.390. The molecular formula is C20H19N5O3S. The fraction of sp³-hybridized carbons (Fsp3) is 0.200. The normalized spacial score (nSPS) is 11.1. The highest BCUT2D eigenvalue weighted by atomic mass is 32.2. The van der Waals surface area contributed by atoms with Crippen LogP contribution in [0.15, 0.2) is 62.9 Å². The van der Waals surface area contributed by atoms with Crippen LogP contribution in [-0.4, -0.2) is 25.7 Å². The number of carbonyl (C=O) groups is 1. The molecule has 4 aromatic rings. The first kappa shape index (κ1) is 19.0. The first-order valence-corrected chi connectivity index (χ1v) is 9.98. The number of aromatic nitrogens is 4. The van der Waals surface area contributed by atoms with Crippen molar-refractivity contribution in [2.24, 2.45) is 5.73 Å². The topological polar surface area (TPSA) is 113 Å². The number of hydrogen-bond acceptors (Lipinski definition) is 7. The van der Waals surface area contributed by atoms with Gasteiger partial charge in [0.25, 0.3) is 0 Å². The number of rotatable bonds is 8. The first-order chi connectivity index (χ1) is 14.1. The molecule has 4 rings (SSSR count). The average molecular weight is 409 g/mol. The highest BCUT2D eigenvalue weighted by Gasteiger charge is 2.17. The van der Waals surface area contributed by atoms with Crippen LogP contribution in [-0.2, 0) is 17.1 Å². The number of carbonyl (C=O) groups excluding carboxylic acids is 1. The maximum absolute atomic E-state index is 11.3. The summed E-state index contributed by atoms with van der Waals surface area (Å²) in [7, 11) is 0. The highest BCUT2D eigenvalue weighted by molar-refractivity contribution is 7.98. The molecule has 0 aliphatic carbocycles.